The molecule has 1 rings (SSSR count). The molecule has 0 aliphatic heterocycles. The van der Waals surface area contributed by atoms with E-state index in [1.54, 1.807) is 6.92 Å². The van der Waals surface area contributed by atoms with E-state index in [0.717, 1.165) is 6.20 Å². The molecule has 1 aromatic heterocycles. The molecule has 0 fully saturated rings. The van der Waals surface area contributed by atoms with Crippen LogP contribution in [0.4, 0.5) is 5.69 Å². The van der Waals surface area contributed by atoms with Crippen LogP contribution in [0.15, 0.2) is 12.3 Å². The summed E-state index contributed by atoms with van der Waals surface area (Å²) in [5, 5.41) is 10.9. The van der Waals surface area contributed by atoms with Gasteiger partial charge in [-0.3, -0.25) is 14.9 Å². The fraction of sp³-hybridized carbons (Fsp3) is 0.462. The third-order valence-corrected chi connectivity index (χ3v) is 2.53. The zero-order chi connectivity index (χ0) is 16.5. The number of nitrogens with zero attached hydrogens (tertiary/aromatic N) is 2. The van der Waals surface area contributed by atoms with E-state index in [9.17, 15) is 19.7 Å². The van der Waals surface area contributed by atoms with Crippen molar-refractivity contribution in [3.05, 3.63) is 27.9 Å². The number of rotatable bonds is 9. The van der Waals surface area contributed by atoms with Crippen LogP contribution in [0.1, 0.15) is 12.5 Å². The molecule has 9 nitrogen and oxygen atoms in total. The molecule has 1 aromatic rings. The first-order valence-corrected chi connectivity index (χ1v) is 6.44. The molecule has 0 saturated heterocycles. The van der Waals surface area contributed by atoms with Crippen LogP contribution >= 0.6 is 0 Å². The van der Waals surface area contributed by atoms with Crippen LogP contribution in [0, 0.1) is 10.1 Å². The third-order valence-electron chi connectivity index (χ3n) is 2.53. The Bertz CT molecular complexity index is 565. The average Bonchev–Trinajstić information content (AvgIpc) is 2.47. The van der Waals surface area contributed by atoms with E-state index in [1.807, 2.05) is 0 Å². The molecule has 0 atom stereocenters. The molecule has 0 aromatic carbocycles. The summed E-state index contributed by atoms with van der Waals surface area (Å²) in [7, 11) is 1.50. The van der Waals surface area contributed by atoms with Crippen LogP contribution in [-0.2, 0) is 25.5 Å². The zero-order valence-electron chi connectivity index (χ0n) is 12.2. The van der Waals surface area contributed by atoms with E-state index >= 15 is 0 Å². The van der Waals surface area contributed by atoms with Crippen molar-refractivity contribution in [2.45, 2.75) is 13.3 Å². The van der Waals surface area contributed by atoms with Crippen LogP contribution in [0.3, 0.4) is 0 Å². The molecule has 0 unspecified atom stereocenters. The van der Waals surface area contributed by atoms with E-state index < -0.39 is 23.1 Å². The van der Waals surface area contributed by atoms with Gasteiger partial charge in [-0.05, 0) is 6.92 Å². The number of hydrogen-bond donors (Lipinski definition) is 0. The van der Waals surface area contributed by atoms with Crippen molar-refractivity contribution in [3.63, 3.8) is 0 Å². The van der Waals surface area contributed by atoms with E-state index in [4.69, 9.17) is 9.47 Å². The third kappa shape index (κ3) is 7.46. The molecule has 1 heterocycles. The first-order valence-electron chi connectivity index (χ1n) is 6.44. The van der Waals surface area contributed by atoms with Gasteiger partial charge in [0.1, 0.15) is 12.8 Å². The number of Topliss-reactive ketones (excluding diaryl/α,β-unsaturated/α-hetero) is 1. The summed E-state index contributed by atoms with van der Waals surface area (Å²) in [6.45, 7) is 2.12. The summed E-state index contributed by atoms with van der Waals surface area (Å²) < 4.78 is 14.6. The summed E-state index contributed by atoms with van der Waals surface area (Å²) in [6, 6.07) is 1.25. The number of pyridine rings is 1. The number of carbonyl (C=O) groups is 2. The van der Waals surface area contributed by atoms with Crippen LogP contribution in [0.25, 0.3) is 0 Å². The molecule has 0 N–H and O–H groups in total. The first kappa shape index (κ1) is 22.1. The van der Waals surface area contributed by atoms with Crippen molar-refractivity contribution < 1.29 is 28.7 Å². The van der Waals surface area contributed by atoms with Gasteiger partial charge in [0.05, 0.1) is 24.6 Å². The molecule has 0 aliphatic rings. The SMILES string of the molecule is CCOC(=O)C(=O)Cc1cc(OCCOC)ncc1[N+](=O)[O-].[KH]. The normalized spacial score (nSPS) is 9.65. The maximum absolute atomic E-state index is 11.7. The van der Waals surface area contributed by atoms with Crippen LogP contribution in [-0.4, -0.2) is 100.0 Å². The molecule has 23 heavy (non-hydrogen) atoms. The number of carbonyl (C=O) groups excluding carboxylic acids is 2. The monoisotopic (exact) mass is 352 g/mol. The van der Waals surface area contributed by atoms with Gasteiger partial charge in [0.15, 0.2) is 0 Å². The van der Waals surface area contributed by atoms with Crippen molar-refractivity contribution in [1.82, 2.24) is 4.98 Å². The quantitative estimate of drug-likeness (QED) is 0.153. The summed E-state index contributed by atoms with van der Waals surface area (Å²) in [4.78, 5) is 37.0. The van der Waals surface area contributed by atoms with Gasteiger partial charge in [-0.1, -0.05) is 0 Å². The first-order chi connectivity index (χ1) is 10.5. The second-order valence-electron chi connectivity index (χ2n) is 4.07. The van der Waals surface area contributed by atoms with Gasteiger partial charge in [-0.15, -0.1) is 0 Å². The summed E-state index contributed by atoms with van der Waals surface area (Å²) in [5.41, 5.74) is -0.331. The molecular formula is C13H17KN2O7. The fourth-order valence-electron chi connectivity index (χ4n) is 1.54. The average molecular weight is 352 g/mol. The van der Waals surface area contributed by atoms with Crippen LogP contribution in [0.2, 0.25) is 0 Å². The van der Waals surface area contributed by atoms with Gasteiger partial charge in [0.25, 0.3) is 5.69 Å². The van der Waals surface area contributed by atoms with Crippen LogP contribution < -0.4 is 4.74 Å². The number of aromatic nitrogens is 1. The number of esters is 1. The number of ketones is 1. The number of ether oxygens (including phenoxy) is 3. The molecule has 10 heteroatoms. The summed E-state index contributed by atoms with van der Waals surface area (Å²) in [6.07, 6.45) is 0.522. The van der Waals surface area contributed by atoms with E-state index in [-0.39, 0.29) is 81.7 Å². The molecule has 0 saturated carbocycles. The maximum atomic E-state index is 11.7. The van der Waals surface area contributed by atoms with Gasteiger partial charge in [-0.2, -0.15) is 0 Å². The van der Waals surface area contributed by atoms with Gasteiger partial charge in [-0.25, -0.2) is 9.78 Å². The second-order valence-corrected chi connectivity index (χ2v) is 4.07. The van der Waals surface area contributed by atoms with E-state index in [1.165, 1.54) is 13.2 Å². The van der Waals surface area contributed by atoms with E-state index in [2.05, 4.69) is 9.72 Å². The molecule has 0 radical (unpaired) electrons. The minimum atomic E-state index is -1.03. The van der Waals surface area contributed by atoms with Crippen molar-refractivity contribution in [2.75, 3.05) is 26.9 Å². The van der Waals surface area contributed by atoms with Gasteiger partial charge >= 0.3 is 57.4 Å². The van der Waals surface area contributed by atoms with Crippen molar-refractivity contribution >= 4 is 68.8 Å². The molecule has 0 aliphatic carbocycles. The van der Waals surface area contributed by atoms with E-state index in [0.29, 0.717) is 6.61 Å². The summed E-state index contributed by atoms with van der Waals surface area (Å²) >= 11 is 0. The van der Waals surface area contributed by atoms with Crippen molar-refractivity contribution in [2.24, 2.45) is 0 Å². The fourth-order valence-corrected chi connectivity index (χ4v) is 1.54. The Morgan fingerprint density at radius 3 is 2.61 bits per heavy atom. The Morgan fingerprint density at radius 2 is 2.04 bits per heavy atom. The molecule has 122 valence electrons. The second kappa shape index (κ2) is 11.6. The zero-order valence-corrected chi connectivity index (χ0v) is 12.2. The predicted octanol–water partition coefficient (Wildman–Crippen LogP) is 0.0412. The van der Waals surface area contributed by atoms with Crippen LogP contribution in [0.5, 0.6) is 5.88 Å². The Hall–Kier alpha value is -0.914. The van der Waals surface area contributed by atoms with Crippen molar-refractivity contribution in [1.29, 1.82) is 0 Å². The standard InChI is InChI=1S/C13H16N2O7.K.H/c1-3-21-13(17)11(16)6-9-7-12(22-5-4-20-2)14-8-10(9)15(18)19;;/h7-8H,3-6H2,1-2H3;;. The van der Waals surface area contributed by atoms with Gasteiger partial charge in [0, 0.05) is 18.7 Å². The predicted molar refractivity (Wildman–Crippen MR) is 80.8 cm³/mol. The summed E-state index contributed by atoms with van der Waals surface area (Å²) in [5.74, 6) is -1.80. The van der Waals surface area contributed by atoms with Crippen molar-refractivity contribution in [3.8, 4) is 5.88 Å². The molecular weight excluding hydrogens is 335 g/mol. The number of hydrogen-bond acceptors (Lipinski definition) is 8. The number of nitro groups is 1. The molecule has 0 amide bonds. The Labute approximate surface area is 175 Å². The van der Waals surface area contributed by atoms with Gasteiger partial charge < -0.3 is 14.2 Å². The Balaban J connectivity index is 0.00000484. The van der Waals surface area contributed by atoms with Gasteiger partial charge in [0.2, 0.25) is 11.7 Å². The Morgan fingerprint density at radius 1 is 1.35 bits per heavy atom. The Kier molecular flexibility index (Phi) is 11.1. The molecule has 0 bridgehead atoms. The minimum absolute atomic E-state index is 0. The topological polar surface area (TPSA) is 118 Å². The molecule has 0 spiro atoms. The number of methoxy groups -OCH3 is 1.